The van der Waals surface area contributed by atoms with Crippen molar-refractivity contribution in [2.24, 2.45) is 5.92 Å². The number of aliphatic hydroxyl groups is 1. The second-order valence-corrected chi connectivity index (χ2v) is 5.36. The van der Waals surface area contributed by atoms with E-state index in [1.165, 1.54) is 0 Å². The Morgan fingerprint density at radius 3 is 3.17 bits per heavy atom. The summed E-state index contributed by atoms with van der Waals surface area (Å²) >= 11 is 3.51. The predicted molar refractivity (Wildman–Crippen MR) is 75.9 cm³/mol. The van der Waals surface area contributed by atoms with Crippen LogP contribution < -0.4 is 10.2 Å². The van der Waals surface area contributed by atoms with Crippen molar-refractivity contribution in [1.29, 1.82) is 0 Å². The van der Waals surface area contributed by atoms with Crippen LogP contribution in [0.25, 0.3) is 0 Å². The highest BCUT2D eigenvalue weighted by Crippen LogP contribution is 2.30. The normalized spacial score (nSPS) is 19.3. The lowest BCUT2D eigenvalue weighted by molar-refractivity contribution is 0.263. The number of halogens is 1. The largest absolute Gasteiger partial charge is 0.396 e. The van der Waals surface area contributed by atoms with Gasteiger partial charge in [-0.25, -0.2) is 4.98 Å². The van der Waals surface area contributed by atoms with E-state index in [4.69, 9.17) is 5.11 Å². The molecule has 0 saturated carbocycles. The average molecular weight is 315 g/mol. The van der Waals surface area contributed by atoms with Crippen LogP contribution in [0.2, 0.25) is 0 Å². The zero-order valence-corrected chi connectivity index (χ0v) is 12.2. The molecule has 0 radical (unpaired) electrons. The van der Waals surface area contributed by atoms with E-state index in [2.05, 4.69) is 36.1 Å². The lowest BCUT2D eigenvalue weighted by Gasteiger charge is -2.19. The van der Waals surface area contributed by atoms with Gasteiger partial charge in [0.2, 0.25) is 5.95 Å². The standard InChI is InChI=1S/C12H19BrN4O/c1-2-14-12-15-7-10(13)11(16-12)17-5-3-9(8-17)4-6-18/h7,9,18H,2-6,8H2,1H3,(H,14,15,16). The number of hydrogen-bond acceptors (Lipinski definition) is 5. The van der Waals surface area contributed by atoms with E-state index in [0.29, 0.717) is 11.9 Å². The number of nitrogens with one attached hydrogen (secondary N) is 1. The third-order valence-electron chi connectivity index (χ3n) is 3.18. The van der Waals surface area contributed by atoms with Gasteiger partial charge in [-0.3, -0.25) is 0 Å². The number of rotatable bonds is 5. The van der Waals surface area contributed by atoms with Crippen LogP contribution in [-0.2, 0) is 0 Å². The predicted octanol–water partition coefficient (Wildman–Crippen LogP) is 1.88. The molecule has 1 unspecified atom stereocenters. The van der Waals surface area contributed by atoms with E-state index in [0.717, 1.165) is 42.8 Å². The van der Waals surface area contributed by atoms with Crippen LogP contribution >= 0.6 is 15.9 Å². The molecule has 1 saturated heterocycles. The Hall–Kier alpha value is -0.880. The van der Waals surface area contributed by atoms with Gasteiger partial charge in [-0.05, 0) is 41.6 Å². The monoisotopic (exact) mass is 314 g/mol. The maximum Gasteiger partial charge on any atom is 0.224 e. The first kappa shape index (κ1) is 13.5. The van der Waals surface area contributed by atoms with E-state index in [1.807, 2.05) is 6.92 Å². The number of hydrogen-bond donors (Lipinski definition) is 2. The molecule has 0 aliphatic carbocycles. The van der Waals surface area contributed by atoms with Crippen LogP contribution in [0, 0.1) is 5.92 Å². The third kappa shape index (κ3) is 3.11. The van der Waals surface area contributed by atoms with Crippen LogP contribution in [0.4, 0.5) is 11.8 Å². The van der Waals surface area contributed by atoms with Gasteiger partial charge in [-0.1, -0.05) is 0 Å². The molecular weight excluding hydrogens is 296 g/mol. The van der Waals surface area contributed by atoms with Gasteiger partial charge >= 0.3 is 0 Å². The summed E-state index contributed by atoms with van der Waals surface area (Å²) in [5.41, 5.74) is 0. The molecule has 0 spiro atoms. The summed E-state index contributed by atoms with van der Waals surface area (Å²) < 4.78 is 0.925. The molecule has 0 bridgehead atoms. The Morgan fingerprint density at radius 2 is 2.44 bits per heavy atom. The van der Waals surface area contributed by atoms with Crippen molar-refractivity contribution in [3.63, 3.8) is 0 Å². The molecule has 5 nitrogen and oxygen atoms in total. The summed E-state index contributed by atoms with van der Waals surface area (Å²) in [6.07, 6.45) is 3.78. The first-order valence-corrected chi connectivity index (χ1v) is 7.16. The molecule has 1 aliphatic heterocycles. The van der Waals surface area contributed by atoms with Gasteiger partial charge in [0.05, 0.1) is 4.47 Å². The maximum atomic E-state index is 8.99. The fraction of sp³-hybridized carbons (Fsp3) is 0.667. The Morgan fingerprint density at radius 1 is 1.61 bits per heavy atom. The van der Waals surface area contributed by atoms with Crippen molar-refractivity contribution >= 4 is 27.7 Å². The first-order valence-electron chi connectivity index (χ1n) is 6.36. The fourth-order valence-electron chi connectivity index (χ4n) is 2.27. The molecule has 18 heavy (non-hydrogen) atoms. The van der Waals surface area contributed by atoms with Gasteiger partial charge in [0, 0.05) is 32.4 Å². The van der Waals surface area contributed by atoms with E-state index >= 15 is 0 Å². The zero-order valence-electron chi connectivity index (χ0n) is 10.6. The molecule has 2 N–H and O–H groups in total. The molecule has 100 valence electrons. The van der Waals surface area contributed by atoms with E-state index in [-0.39, 0.29) is 6.61 Å². The molecule has 1 fully saturated rings. The maximum absolute atomic E-state index is 8.99. The Labute approximate surface area is 116 Å². The van der Waals surface area contributed by atoms with Crippen molar-refractivity contribution < 1.29 is 5.11 Å². The summed E-state index contributed by atoms with van der Waals surface area (Å²) in [6, 6.07) is 0. The summed E-state index contributed by atoms with van der Waals surface area (Å²) in [5, 5.41) is 12.1. The zero-order chi connectivity index (χ0) is 13.0. The van der Waals surface area contributed by atoms with Crippen LogP contribution in [0.1, 0.15) is 19.8 Å². The second-order valence-electron chi connectivity index (χ2n) is 4.51. The summed E-state index contributed by atoms with van der Waals surface area (Å²) in [5.74, 6) is 2.18. The highest BCUT2D eigenvalue weighted by atomic mass is 79.9. The van der Waals surface area contributed by atoms with Crippen LogP contribution in [0.5, 0.6) is 0 Å². The van der Waals surface area contributed by atoms with E-state index in [1.54, 1.807) is 6.20 Å². The summed E-state index contributed by atoms with van der Waals surface area (Å²) in [4.78, 5) is 11.0. The Balaban J connectivity index is 2.10. The minimum absolute atomic E-state index is 0.270. The van der Waals surface area contributed by atoms with Crippen molar-refractivity contribution in [3.05, 3.63) is 10.7 Å². The summed E-state index contributed by atoms with van der Waals surface area (Å²) in [7, 11) is 0. The number of nitrogens with zero attached hydrogens (tertiary/aromatic N) is 3. The number of aromatic nitrogens is 2. The van der Waals surface area contributed by atoms with Gasteiger partial charge in [0.25, 0.3) is 0 Å². The van der Waals surface area contributed by atoms with Gasteiger partial charge < -0.3 is 15.3 Å². The molecule has 1 aromatic rings. The fourth-order valence-corrected chi connectivity index (χ4v) is 2.71. The van der Waals surface area contributed by atoms with Crippen molar-refractivity contribution in [3.8, 4) is 0 Å². The van der Waals surface area contributed by atoms with Crippen LogP contribution in [-0.4, -0.2) is 41.3 Å². The van der Waals surface area contributed by atoms with Crippen molar-refractivity contribution in [1.82, 2.24) is 9.97 Å². The molecule has 1 aromatic heterocycles. The smallest absolute Gasteiger partial charge is 0.224 e. The molecule has 6 heteroatoms. The average Bonchev–Trinajstić information content (AvgIpc) is 2.81. The Bertz CT molecular complexity index is 402. The molecule has 1 atom stereocenters. The molecular formula is C12H19BrN4O. The molecule has 2 heterocycles. The lowest BCUT2D eigenvalue weighted by Crippen LogP contribution is -2.22. The number of anilines is 2. The molecule has 0 aromatic carbocycles. The van der Waals surface area contributed by atoms with E-state index in [9.17, 15) is 0 Å². The molecule has 1 aliphatic rings. The number of aliphatic hydroxyl groups excluding tert-OH is 1. The first-order chi connectivity index (χ1) is 8.74. The molecule has 0 amide bonds. The van der Waals surface area contributed by atoms with Gasteiger partial charge in [0.1, 0.15) is 5.82 Å². The van der Waals surface area contributed by atoms with Crippen molar-refractivity contribution in [2.45, 2.75) is 19.8 Å². The highest BCUT2D eigenvalue weighted by molar-refractivity contribution is 9.10. The SMILES string of the molecule is CCNc1ncc(Br)c(N2CCC(CCO)C2)n1. The van der Waals surface area contributed by atoms with Gasteiger partial charge in [-0.15, -0.1) is 0 Å². The minimum atomic E-state index is 0.270. The van der Waals surface area contributed by atoms with Crippen LogP contribution in [0.3, 0.4) is 0 Å². The second kappa shape index (κ2) is 6.33. The van der Waals surface area contributed by atoms with Crippen LogP contribution in [0.15, 0.2) is 10.7 Å². The van der Waals surface area contributed by atoms with Crippen molar-refractivity contribution in [2.75, 3.05) is 36.5 Å². The highest BCUT2D eigenvalue weighted by Gasteiger charge is 2.24. The molecule has 2 rings (SSSR count). The quantitative estimate of drug-likeness (QED) is 0.869. The summed E-state index contributed by atoms with van der Waals surface area (Å²) in [6.45, 7) is 5.06. The lowest BCUT2D eigenvalue weighted by atomic mass is 10.1. The van der Waals surface area contributed by atoms with E-state index < -0.39 is 0 Å². The minimum Gasteiger partial charge on any atom is -0.396 e. The third-order valence-corrected chi connectivity index (χ3v) is 3.74. The van der Waals surface area contributed by atoms with Gasteiger partial charge in [-0.2, -0.15) is 4.98 Å². The topological polar surface area (TPSA) is 61.3 Å². The Kier molecular flexibility index (Phi) is 4.77. The van der Waals surface area contributed by atoms with Gasteiger partial charge in [0.15, 0.2) is 0 Å².